The van der Waals surface area contributed by atoms with Gasteiger partial charge in [0.2, 0.25) is 0 Å². The monoisotopic (exact) mass is 301 g/mol. The van der Waals surface area contributed by atoms with E-state index in [9.17, 15) is 8.42 Å². The van der Waals surface area contributed by atoms with Gasteiger partial charge in [-0.25, -0.2) is 0 Å². The Morgan fingerprint density at radius 2 is 2.06 bits per heavy atom. The molecule has 3 saturated carbocycles. The first-order chi connectivity index (χ1) is 7.43. The molecule has 0 saturated heterocycles. The molecule has 1 radical (unpaired) electrons. The van der Waals surface area contributed by atoms with E-state index in [0.717, 1.165) is 18.4 Å². The summed E-state index contributed by atoms with van der Waals surface area (Å²) >= 11 is 3.08. The van der Waals surface area contributed by atoms with Gasteiger partial charge < -0.3 is 0 Å². The zero-order chi connectivity index (χ0) is 11.6. The molecular weight excluding hydrogens is 287 g/mol. The summed E-state index contributed by atoms with van der Waals surface area (Å²) < 4.78 is 24.7. The average molecular weight is 300 g/mol. The van der Waals surface area contributed by atoms with Crippen molar-refractivity contribution in [1.82, 2.24) is 0 Å². The van der Waals surface area contributed by atoms with E-state index in [-0.39, 0.29) is 9.56 Å². The predicted octanol–water partition coefficient (Wildman–Crippen LogP) is 1.89. The van der Waals surface area contributed by atoms with Crippen LogP contribution in [-0.2, 0) is 9.84 Å². The number of aryl methyl sites for hydroxylation is 1. The van der Waals surface area contributed by atoms with Crippen LogP contribution in [0.3, 0.4) is 0 Å². The normalized spacial score (nSPS) is 36.4. The van der Waals surface area contributed by atoms with E-state index in [1.54, 1.807) is 12.1 Å². The second-order valence-corrected chi connectivity index (χ2v) is 8.79. The molecule has 1 unspecified atom stereocenters. The predicted molar refractivity (Wildman–Crippen MR) is 63.3 cm³/mol. The Morgan fingerprint density at radius 3 is 2.50 bits per heavy atom. The van der Waals surface area contributed by atoms with Crippen molar-refractivity contribution in [1.29, 1.82) is 0 Å². The first kappa shape index (κ1) is 10.8. The first-order valence-corrected chi connectivity index (χ1v) is 7.85. The van der Waals surface area contributed by atoms with Crippen molar-refractivity contribution in [3.05, 3.63) is 29.8 Å². The summed E-state index contributed by atoms with van der Waals surface area (Å²) in [4.78, 5) is 0.488. The van der Waals surface area contributed by atoms with Crippen LogP contribution in [-0.4, -0.2) is 29.7 Å². The van der Waals surface area contributed by atoms with Crippen LogP contribution in [0.25, 0.3) is 0 Å². The molecule has 0 N–H and O–H groups in total. The zero-order valence-corrected chi connectivity index (χ0v) is 11.5. The molecule has 1 aromatic rings. The van der Waals surface area contributed by atoms with Gasteiger partial charge in [-0.15, -0.1) is 0 Å². The molecule has 0 heterocycles. The third-order valence-corrected chi connectivity index (χ3v) is 7.80. The fourth-order valence-electron chi connectivity index (χ4n) is 2.86. The number of sulfone groups is 1. The van der Waals surface area contributed by atoms with E-state index in [4.69, 9.17) is 0 Å². The van der Waals surface area contributed by atoms with Crippen LogP contribution in [0.15, 0.2) is 29.2 Å². The van der Waals surface area contributed by atoms with Crippen LogP contribution in [0, 0.1) is 12.8 Å². The Kier molecular flexibility index (Phi) is 2.11. The van der Waals surface area contributed by atoms with Gasteiger partial charge >= 0.3 is 104 Å². The van der Waals surface area contributed by atoms with Crippen LogP contribution in [0.1, 0.15) is 18.4 Å². The molecule has 4 rings (SSSR count). The second kappa shape index (κ2) is 3.12. The maximum absolute atomic E-state index is 12.4. The summed E-state index contributed by atoms with van der Waals surface area (Å²) in [5, 5.41) is -0.165. The molecule has 3 fully saturated rings. The molecule has 3 aliphatic carbocycles. The van der Waals surface area contributed by atoms with E-state index < -0.39 is 9.84 Å². The maximum atomic E-state index is 12.4. The summed E-state index contributed by atoms with van der Waals surface area (Å²) in [6.07, 6.45) is 2.09. The topological polar surface area (TPSA) is 34.1 Å². The molecule has 0 aromatic heterocycles. The summed E-state index contributed by atoms with van der Waals surface area (Å²) in [5.41, 5.74) is 1.00. The summed E-state index contributed by atoms with van der Waals surface area (Å²) in [6, 6.07) is 7.23. The molecule has 1 aromatic carbocycles. The van der Waals surface area contributed by atoms with Gasteiger partial charge in [-0.2, -0.15) is 0 Å². The van der Waals surface area contributed by atoms with E-state index in [2.05, 4.69) is 16.0 Å². The van der Waals surface area contributed by atoms with Crippen molar-refractivity contribution in [3.63, 3.8) is 0 Å². The van der Waals surface area contributed by atoms with Gasteiger partial charge in [0.05, 0.1) is 0 Å². The Morgan fingerprint density at radius 1 is 1.38 bits per heavy atom. The van der Waals surface area contributed by atoms with Gasteiger partial charge in [0.25, 0.3) is 0 Å². The SMILES string of the molecule is Cc1cccc(S(=O)(=O)C2C3CC2([Se])C3)c1. The van der Waals surface area contributed by atoms with Crippen molar-refractivity contribution >= 4 is 25.8 Å². The Bertz CT molecular complexity index is 544. The van der Waals surface area contributed by atoms with Gasteiger partial charge in [0.15, 0.2) is 0 Å². The third kappa shape index (κ3) is 1.27. The van der Waals surface area contributed by atoms with E-state index >= 15 is 0 Å². The molecule has 4 heteroatoms. The molecule has 85 valence electrons. The summed E-state index contributed by atoms with van der Waals surface area (Å²) in [5.74, 6) is 0.395. The standard InChI is InChI=1S/C12H13O2SSe/c1-8-3-2-4-10(5-8)15(13,14)11-9-6-12(11,16)7-9/h2-5,9,11H,6-7H2,1H3. The van der Waals surface area contributed by atoms with Gasteiger partial charge in [-0.05, 0) is 0 Å². The molecule has 3 aliphatic rings. The molecule has 1 atom stereocenters. The van der Waals surface area contributed by atoms with Crippen molar-refractivity contribution in [3.8, 4) is 0 Å². The zero-order valence-electron chi connectivity index (χ0n) is 9.01. The number of hydrogen-bond acceptors (Lipinski definition) is 2. The van der Waals surface area contributed by atoms with Crippen LogP contribution in [0.5, 0.6) is 0 Å². The minimum atomic E-state index is -3.11. The van der Waals surface area contributed by atoms with Crippen LogP contribution >= 0.6 is 0 Å². The van der Waals surface area contributed by atoms with Crippen molar-refractivity contribution in [2.24, 2.45) is 5.92 Å². The molecule has 2 bridgehead atoms. The summed E-state index contributed by atoms with van der Waals surface area (Å²) in [7, 11) is -3.11. The van der Waals surface area contributed by atoms with Crippen molar-refractivity contribution in [2.75, 3.05) is 0 Å². The number of rotatable bonds is 2. The number of benzene rings is 1. The average Bonchev–Trinajstić information content (AvgIpc) is 2.13. The fourth-order valence-corrected chi connectivity index (χ4v) is 7.33. The minimum absolute atomic E-state index is 0.0484. The third-order valence-electron chi connectivity index (χ3n) is 3.81. The van der Waals surface area contributed by atoms with E-state index in [0.29, 0.717) is 10.8 Å². The second-order valence-electron chi connectivity index (χ2n) is 5.02. The van der Waals surface area contributed by atoms with Gasteiger partial charge in [-0.3, -0.25) is 0 Å². The molecular formula is C12H13O2SSe. The molecule has 16 heavy (non-hydrogen) atoms. The number of hydrogen-bond donors (Lipinski definition) is 0. The van der Waals surface area contributed by atoms with Crippen LogP contribution in [0.4, 0.5) is 0 Å². The summed E-state index contributed by atoms with van der Waals surface area (Å²) in [6.45, 7) is 1.92. The first-order valence-electron chi connectivity index (χ1n) is 5.44. The van der Waals surface area contributed by atoms with E-state index in [1.807, 2.05) is 19.1 Å². The quantitative estimate of drug-likeness (QED) is 0.782. The van der Waals surface area contributed by atoms with Crippen molar-refractivity contribution < 1.29 is 8.42 Å². The van der Waals surface area contributed by atoms with Gasteiger partial charge in [0.1, 0.15) is 0 Å². The van der Waals surface area contributed by atoms with Crippen molar-refractivity contribution in [2.45, 2.75) is 34.2 Å². The Balaban J connectivity index is 2.01. The molecule has 0 spiro atoms. The van der Waals surface area contributed by atoms with Gasteiger partial charge in [0, 0.05) is 0 Å². The molecule has 0 aliphatic heterocycles. The Hall–Kier alpha value is -0.311. The fraction of sp³-hybridized carbons (Fsp3) is 0.500. The van der Waals surface area contributed by atoms with Crippen LogP contribution < -0.4 is 0 Å². The Labute approximate surface area is 104 Å². The van der Waals surface area contributed by atoms with Gasteiger partial charge in [-0.1, -0.05) is 0 Å². The molecule has 0 amide bonds. The van der Waals surface area contributed by atoms with Crippen LogP contribution in [0.2, 0.25) is 4.31 Å². The van der Waals surface area contributed by atoms with E-state index in [1.165, 1.54) is 0 Å². The molecule has 2 nitrogen and oxygen atoms in total.